The van der Waals surface area contributed by atoms with Crippen LogP contribution in [0.5, 0.6) is 5.75 Å². The van der Waals surface area contributed by atoms with Crippen LogP contribution in [-0.4, -0.2) is 32.7 Å². The lowest BCUT2D eigenvalue weighted by Gasteiger charge is -2.11. The molecule has 30 heavy (non-hydrogen) atoms. The number of carbonyl (C=O) groups is 1. The molecule has 4 aromatic rings. The van der Waals surface area contributed by atoms with E-state index in [0.717, 1.165) is 38.4 Å². The summed E-state index contributed by atoms with van der Waals surface area (Å²) in [6, 6.07) is 5.87. The Balaban J connectivity index is 1.63. The van der Waals surface area contributed by atoms with Crippen molar-refractivity contribution < 1.29 is 14.3 Å². The van der Waals surface area contributed by atoms with E-state index in [1.165, 1.54) is 17.5 Å². The number of fused-ring (bicyclic) bond motifs is 1. The normalized spacial score (nSPS) is 11.0. The van der Waals surface area contributed by atoms with E-state index in [2.05, 4.69) is 20.2 Å². The van der Waals surface area contributed by atoms with Crippen molar-refractivity contribution in [3.05, 3.63) is 52.3 Å². The van der Waals surface area contributed by atoms with Crippen molar-refractivity contribution in [2.75, 3.05) is 12.3 Å². The molecule has 4 rings (SSSR count). The average molecular weight is 423 g/mol. The van der Waals surface area contributed by atoms with Crippen LogP contribution in [0.25, 0.3) is 21.5 Å². The first-order valence-corrected chi connectivity index (χ1v) is 10.3. The molecular weight excluding hydrogens is 402 g/mol. The molecular formula is C21H21N5O3S. The van der Waals surface area contributed by atoms with E-state index in [9.17, 15) is 4.79 Å². The van der Waals surface area contributed by atoms with Crippen molar-refractivity contribution in [3.8, 4) is 17.1 Å². The summed E-state index contributed by atoms with van der Waals surface area (Å²) >= 11 is 1.43. The summed E-state index contributed by atoms with van der Waals surface area (Å²) in [4.78, 5) is 19.5. The van der Waals surface area contributed by atoms with Gasteiger partial charge in [0.05, 0.1) is 16.9 Å². The zero-order chi connectivity index (χ0) is 21.3. The van der Waals surface area contributed by atoms with Gasteiger partial charge in [-0.3, -0.25) is 0 Å². The fourth-order valence-electron chi connectivity index (χ4n) is 3.13. The number of aryl methyl sites for hydroxylation is 2. The summed E-state index contributed by atoms with van der Waals surface area (Å²) in [6.45, 7) is 6.19. The highest BCUT2D eigenvalue weighted by molar-refractivity contribution is 7.17. The van der Waals surface area contributed by atoms with E-state index >= 15 is 0 Å². The van der Waals surface area contributed by atoms with Crippen LogP contribution in [0, 0.1) is 13.8 Å². The van der Waals surface area contributed by atoms with Gasteiger partial charge in [0.2, 0.25) is 0 Å². The molecule has 0 saturated carbocycles. The van der Waals surface area contributed by atoms with Crippen LogP contribution < -0.4 is 10.5 Å². The van der Waals surface area contributed by atoms with Crippen molar-refractivity contribution >= 4 is 33.2 Å². The lowest BCUT2D eigenvalue weighted by atomic mass is 10.1. The molecule has 0 atom stereocenters. The molecule has 0 spiro atoms. The van der Waals surface area contributed by atoms with Crippen molar-refractivity contribution in [2.45, 2.75) is 27.4 Å². The van der Waals surface area contributed by atoms with Crippen molar-refractivity contribution in [1.29, 1.82) is 0 Å². The molecule has 0 aliphatic heterocycles. The van der Waals surface area contributed by atoms with Crippen LogP contribution in [0.15, 0.2) is 29.8 Å². The van der Waals surface area contributed by atoms with Gasteiger partial charge in [0, 0.05) is 22.7 Å². The quantitative estimate of drug-likeness (QED) is 0.450. The number of ether oxygens (including phenoxy) is 2. The molecule has 3 N–H and O–H groups in total. The topological polar surface area (TPSA) is 116 Å². The monoisotopic (exact) mass is 423 g/mol. The maximum Gasteiger partial charge on any atom is 0.341 e. The van der Waals surface area contributed by atoms with Crippen LogP contribution in [0.4, 0.5) is 5.82 Å². The summed E-state index contributed by atoms with van der Waals surface area (Å²) in [7, 11) is 0. The van der Waals surface area contributed by atoms with Crippen LogP contribution in [0.1, 0.15) is 34.2 Å². The molecule has 154 valence electrons. The molecule has 3 heterocycles. The summed E-state index contributed by atoms with van der Waals surface area (Å²) < 4.78 is 12.0. The minimum atomic E-state index is -0.407. The van der Waals surface area contributed by atoms with E-state index in [1.54, 1.807) is 6.92 Å². The number of aromatic nitrogens is 4. The van der Waals surface area contributed by atoms with Crippen molar-refractivity contribution in [1.82, 2.24) is 20.2 Å². The molecule has 0 unspecified atom stereocenters. The van der Waals surface area contributed by atoms with Gasteiger partial charge < -0.3 is 20.2 Å². The Labute approximate surface area is 177 Å². The maximum atomic E-state index is 12.2. The van der Waals surface area contributed by atoms with E-state index in [0.29, 0.717) is 23.8 Å². The number of nitrogens with zero attached hydrogens (tertiary/aromatic N) is 3. The molecule has 0 amide bonds. The predicted octanol–water partition coefficient (Wildman–Crippen LogP) is 4.04. The average Bonchev–Trinajstić information content (AvgIpc) is 3.35. The van der Waals surface area contributed by atoms with Crippen LogP contribution in [0.3, 0.4) is 0 Å². The number of benzene rings is 1. The Hall–Kier alpha value is -3.46. The molecule has 0 saturated heterocycles. The number of hydrogen-bond acceptors (Lipinski definition) is 8. The molecule has 1 aromatic carbocycles. The number of rotatable bonds is 6. The lowest BCUT2D eigenvalue weighted by molar-refractivity contribution is 0.0528. The second-order valence-electron chi connectivity index (χ2n) is 6.77. The second-order valence-corrected chi connectivity index (χ2v) is 7.65. The Bertz CT molecular complexity index is 1230. The first-order chi connectivity index (χ1) is 14.5. The van der Waals surface area contributed by atoms with E-state index in [-0.39, 0.29) is 6.61 Å². The number of anilines is 1. The molecule has 0 aliphatic rings. The molecule has 8 nitrogen and oxygen atoms in total. The number of pyridine rings is 1. The van der Waals surface area contributed by atoms with Gasteiger partial charge in [0.1, 0.15) is 24.0 Å². The predicted molar refractivity (Wildman–Crippen MR) is 116 cm³/mol. The maximum absolute atomic E-state index is 12.2. The van der Waals surface area contributed by atoms with Gasteiger partial charge in [-0.15, -0.1) is 21.5 Å². The zero-order valence-corrected chi connectivity index (χ0v) is 17.7. The van der Waals surface area contributed by atoms with Gasteiger partial charge in [-0.1, -0.05) is 12.1 Å². The standard InChI is InChI=1S/C21H21N5O3S/c1-4-28-21(27)15-8-23-19(22)17-14(10-30-18(15)17)9-29-16-7-13(6-5-11(16)2)20-24-12(3)25-26-20/h5-8,10H,4,9H2,1-3H3,(H2,22,23)(H,24,25,26). The number of thiophene rings is 1. The molecule has 0 fully saturated rings. The van der Waals surface area contributed by atoms with Gasteiger partial charge in [-0.2, -0.15) is 0 Å². The van der Waals surface area contributed by atoms with Gasteiger partial charge in [-0.25, -0.2) is 9.78 Å². The smallest absolute Gasteiger partial charge is 0.341 e. The van der Waals surface area contributed by atoms with Gasteiger partial charge >= 0.3 is 5.97 Å². The summed E-state index contributed by atoms with van der Waals surface area (Å²) in [5.41, 5.74) is 9.27. The molecule has 0 bridgehead atoms. The van der Waals surface area contributed by atoms with Crippen LogP contribution in [0.2, 0.25) is 0 Å². The fraction of sp³-hybridized carbons (Fsp3) is 0.238. The SMILES string of the molecule is CCOC(=O)c1cnc(N)c2c(COc3cc(-c4nnc(C)[nH]4)ccc3C)csc12. The van der Waals surface area contributed by atoms with E-state index in [4.69, 9.17) is 15.2 Å². The van der Waals surface area contributed by atoms with Gasteiger partial charge in [0.25, 0.3) is 0 Å². The number of H-pyrrole nitrogens is 1. The number of carbonyl (C=O) groups excluding carboxylic acids is 1. The largest absolute Gasteiger partial charge is 0.489 e. The first-order valence-electron chi connectivity index (χ1n) is 9.42. The third-order valence-corrected chi connectivity index (χ3v) is 5.70. The number of nitrogen functional groups attached to an aromatic ring is 1. The number of hydrogen-bond donors (Lipinski definition) is 2. The Morgan fingerprint density at radius 3 is 2.83 bits per heavy atom. The zero-order valence-electron chi connectivity index (χ0n) is 16.9. The summed E-state index contributed by atoms with van der Waals surface area (Å²) in [5.74, 6) is 2.12. The number of nitrogens with two attached hydrogens (primary N) is 1. The number of nitrogens with one attached hydrogen (secondary N) is 1. The first kappa shape index (κ1) is 19.8. The molecule has 0 aliphatic carbocycles. The third kappa shape index (κ3) is 3.71. The third-order valence-electron chi connectivity index (χ3n) is 4.64. The highest BCUT2D eigenvalue weighted by Gasteiger charge is 2.18. The minimum Gasteiger partial charge on any atom is -0.489 e. The summed E-state index contributed by atoms with van der Waals surface area (Å²) in [6.07, 6.45) is 1.46. The molecule has 3 aromatic heterocycles. The van der Waals surface area contributed by atoms with Crippen molar-refractivity contribution in [3.63, 3.8) is 0 Å². The Morgan fingerprint density at radius 1 is 1.27 bits per heavy atom. The Morgan fingerprint density at radius 2 is 2.10 bits per heavy atom. The number of esters is 1. The Kier molecular flexibility index (Phi) is 5.37. The van der Waals surface area contributed by atoms with Gasteiger partial charge in [-0.05, 0) is 37.8 Å². The fourth-order valence-corrected chi connectivity index (χ4v) is 4.19. The van der Waals surface area contributed by atoms with E-state index in [1.807, 2.05) is 37.4 Å². The summed E-state index contributed by atoms with van der Waals surface area (Å²) in [5, 5.41) is 10.8. The van der Waals surface area contributed by atoms with E-state index < -0.39 is 5.97 Å². The highest BCUT2D eigenvalue weighted by atomic mass is 32.1. The van der Waals surface area contributed by atoms with Crippen LogP contribution in [-0.2, 0) is 11.3 Å². The molecule has 9 heteroatoms. The number of aromatic amines is 1. The second kappa shape index (κ2) is 8.11. The van der Waals surface area contributed by atoms with Crippen LogP contribution >= 0.6 is 11.3 Å². The lowest BCUT2D eigenvalue weighted by Crippen LogP contribution is -2.07. The molecule has 0 radical (unpaired) electrons. The minimum absolute atomic E-state index is 0.290. The van der Waals surface area contributed by atoms with Crippen molar-refractivity contribution in [2.24, 2.45) is 0 Å². The highest BCUT2D eigenvalue weighted by Crippen LogP contribution is 2.34. The van der Waals surface area contributed by atoms with Gasteiger partial charge in [0.15, 0.2) is 5.82 Å².